The van der Waals surface area contributed by atoms with E-state index in [9.17, 15) is 8.42 Å². The van der Waals surface area contributed by atoms with Gasteiger partial charge in [-0.15, -0.1) is 0 Å². The van der Waals surface area contributed by atoms with Gasteiger partial charge in [-0.2, -0.15) is 0 Å². The van der Waals surface area contributed by atoms with E-state index in [0.29, 0.717) is 34.3 Å². The topological polar surface area (TPSA) is 68.3 Å². The molecule has 1 heterocycles. The van der Waals surface area contributed by atoms with Crippen molar-refractivity contribution in [2.45, 2.75) is 59.3 Å². The lowest BCUT2D eigenvalue weighted by atomic mass is 10.2. The molecule has 6 heteroatoms. The molecule has 1 aromatic rings. The number of nitrogens with zero attached hydrogens (tertiary/aromatic N) is 1. The summed E-state index contributed by atoms with van der Waals surface area (Å²) in [5.74, 6) is 0.597. The molecule has 1 aliphatic carbocycles. The summed E-state index contributed by atoms with van der Waals surface area (Å²) in [4.78, 5) is 4.56. The summed E-state index contributed by atoms with van der Waals surface area (Å²) in [7, 11) is -2.09. The maximum atomic E-state index is 12.1. The number of hydrogen-bond acceptors (Lipinski definition) is 4. The second-order valence-electron chi connectivity index (χ2n) is 5.99. The summed E-state index contributed by atoms with van der Waals surface area (Å²) in [5, 5.41) is 1.15. The molecule has 0 saturated carbocycles. The van der Waals surface area contributed by atoms with Crippen LogP contribution in [0.2, 0.25) is 0 Å². The molecule has 0 spiro atoms. The van der Waals surface area contributed by atoms with Gasteiger partial charge in [0, 0.05) is 17.8 Å². The number of aromatic nitrogens is 1. The van der Waals surface area contributed by atoms with Gasteiger partial charge in [-0.05, 0) is 26.1 Å². The zero-order valence-electron chi connectivity index (χ0n) is 16.4. The van der Waals surface area contributed by atoms with Crippen LogP contribution in [0.4, 0.5) is 0 Å². The number of rotatable bonds is 8. The highest BCUT2D eigenvalue weighted by Crippen LogP contribution is 2.13. The first-order valence-corrected chi connectivity index (χ1v) is 10.9. The monoisotopic (exact) mass is 380 g/mol. The molecule has 0 fully saturated rings. The Morgan fingerprint density at radius 1 is 1.15 bits per heavy atom. The molecule has 0 unspecified atom stereocenters. The van der Waals surface area contributed by atoms with E-state index in [1.807, 2.05) is 6.92 Å². The number of nitrogens with one attached hydrogen (secondary N) is 1. The van der Waals surface area contributed by atoms with E-state index in [1.165, 1.54) is 39.2 Å². The number of ether oxygens (including phenoxy) is 1. The number of hydrogen-bond donors (Lipinski definition) is 1. The summed E-state index contributed by atoms with van der Waals surface area (Å²) in [6.45, 7) is 6.87. The van der Waals surface area contributed by atoms with Crippen LogP contribution in [-0.2, 0) is 14.8 Å². The molecule has 5 nitrogen and oxygen atoms in total. The van der Waals surface area contributed by atoms with Gasteiger partial charge in [-0.25, -0.2) is 13.1 Å². The fourth-order valence-corrected chi connectivity index (χ4v) is 3.63. The van der Waals surface area contributed by atoms with Gasteiger partial charge < -0.3 is 4.74 Å². The number of sulfonamides is 1. The third kappa shape index (κ3) is 6.57. The summed E-state index contributed by atoms with van der Waals surface area (Å²) in [6, 6.07) is 3.47. The van der Waals surface area contributed by atoms with E-state index in [4.69, 9.17) is 4.74 Å². The molecule has 2 rings (SSSR count). The molecule has 0 aromatic carbocycles. The Morgan fingerprint density at radius 2 is 1.85 bits per heavy atom. The minimum Gasteiger partial charge on any atom is -0.492 e. The van der Waals surface area contributed by atoms with Crippen LogP contribution < -0.4 is 15.3 Å². The number of pyridine rings is 1. The van der Waals surface area contributed by atoms with Crippen LogP contribution in [0.15, 0.2) is 30.5 Å². The van der Waals surface area contributed by atoms with Crippen LogP contribution in [0.25, 0.3) is 10.7 Å². The Hall–Kier alpha value is -1.66. The van der Waals surface area contributed by atoms with Crippen LogP contribution in [0.3, 0.4) is 0 Å². The zero-order chi connectivity index (χ0) is 19.4. The molecule has 0 amide bonds. The van der Waals surface area contributed by atoms with E-state index in [0.717, 1.165) is 0 Å². The second kappa shape index (κ2) is 11.9. The van der Waals surface area contributed by atoms with Crippen LogP contribution in [0.1, 0.15) is 59.3 Å². The third-order valence-electron chi connectivity index (χ3n) is 4.01. The molecular formula is C20H32N2O3S. The molecule has 0 aliphatic heterocycles. The Morgan fingerprint density at radius 3 is 2.42 bits per heavy atom. The molecule has 0 atom stereocenters. The van der Waals surface area contributed by atoms with E-state index >= 15 is 0 Å². The van der Waals surface area contributed by atoms with E-state index in [1.54, 1.807) is 30.5 Å². The van der Waals surface area contributed by atoms with Gasteiger partial charge in [0.05, 0.1) is 11.5 Å². The number of allylic oxidation sites excluding steroid dienone is 1. The van der Waals surface area contributed by atoms with Gasteiger partial charge in [-0.1, -0.05) is 58.1 Å². The van der Waals surface area contributed by atoms with Crippen molar-refractivity contribution in [2.24, 2.45) is 0 Å². The summed E-state index contributed by atoms with van der Waals surface area (Å²) in [5.41, 5.74) is 0. The molecule has 0 bridgehead atoms. The molecule has 0 saturated heterocycles. The van der Waals surface area contributed by atoms with Crippen molar-refractivity contribution in [2.75, 3.05) is 13.7 Å². The molecular weight excluding hydrogens is 348 g/mol. The first kappa shape index (κ1) is 22.4. The van der Waals surface area contributed by atoms with Crippen molar-refractivity contribution >= 4 is 20.7 Å². The Labute approximate surface area is 157 Å². The lowest BCUT2D eigenvalue weighted by molar-refractivity contribution is 0.297. The maximum Gasteiger partial charge on any atom is 0.237 e. The highest BCUT2D eigenvalue weighted by Gasteiger charge is 2.18. The van der Waals surface area contributed by atoms with Crippen molar-refractivity contribution in [1.82, 2.24) is 9.71 Å². The van der Waals surface area contributed by atoms with Crippen molar-refractivity contribution in [1.29, 1.82) is 0 Å². The first-order chi connectivity index (χ1) is 12.5. The van der Waals surface area contributed by atoms with E-state index < -0.39 is 10.0 Å². The van der Waals surface area contributed by atoms with E-state index in [-0.39, 0.29) is 0 Å². The molecule has 146 valence electrons. The van der Waals surface area contributed by atoms with Gasteiger partial charge in [-0.3, -0.25) is 4.98 Å². The molecule has 1 aliphatic rings. The van der Waals surface area contributed by atoms with Crippen molar-refractivity contribution in [3.63, 3.8) is 0 Å². The fraction of sp³-hybridized carbons (Fsp3) is 0.550. The summed E-state index contributed by atoms with van der Waals surface area (Å²) < 4.78 is 32.0. The highest BCUT2D eigenvalue weighted by atomic mass is 32.2. The zero-order valence-corrected chi connectivity index (χ0v) is 17.2. The van der Waals surface area contributed by atoms with Crippen molar-refractivity contribution in [3.8, 4) is 0 Å². The molecule has 26 heavy (non-hydrogen) atoms. The summed E-state index contributed by atoms with van der Waals surface area (Å²) in [6.07, 6.45) is 12.5. The fourth-order valence-electron chi connectivity index (χ4n) is 2.61. The lowest BCUT2D eigenvalue weighted by Gasteiger charge is -2.05. The molecule has 0 radical (unpaired) electrons. The Kier molecular flexibility index (Phi) is 10.2. The predicted molar refractivity (Wildman–Crippen MR) is 108 cm³/mol. The van der Waals surface area contributed by atoms with Gasteiger partial charge in [0.2, 0.25) is 10.0 Å². The quantitative estimate of drug-likeness (QED) is 0.704. The largest absolute Gasteiger partial charge is 0.492 e. The average molecular weight is 381 g/mol. The Bertz CT molecular complexity index is 795. The minimum absolute atomic E-state index is 0.309. The van der Waals surface area contributed by atoms with Crippen molar-refractivity contribution < 1.29 is 13.2 Å². The average Bonchev–Trinajstić information content (AvgIpc) is 2.83. The normalized spacial score (nSPS) is 13.5. The molecule has 1 N–H and O–H groups in total. The van der Waals surface area contributed by atoms with Crippen LogP contribution in [0, 0.1) is 0 Å². The third-order valence-corrected chi connectivity index (χ3v) is 5.59. The SMILES string of the molecule is CCCCCCC.CCOC1=c2ncccc2=C(S(=O)(=O)NC)CC=C1. The van der Waals surface area contributed by atoms with Crippen molar-refractivity contribution in [3.05, 3.63) is 41.0 Å². The standard InChI is InChI=1S/C13H16N2O3S.C7H16/c1-3-18-11-7-4-8-12(19(16,17)14-2)10-6-5-9-15-13(10)11;1-3-5-7-6-4-2/h4-7,9,14H,3,8H2,1-2H3;3-7H2,1-2H3. The minimum atomic E-state index is -3.49. The first-order valence-electron chi connectivity index (χ1n) is 9.43. The predicted octanol–water partition coefficient (Wildman–Crippen LogP) is 2.82. The number of unbranched alkanes of at least 4 members (excludes halogenated alkanes) is 4. The Balaban J connectivity index is 0.000000412. The van der Waals surface area contributed by atoms with Crippen LogP contribution in [0.5, 0.6) is 0 Å². The number of fused-ring (bicyclic) bond motifs is 1. The smallest absolute Gasteiger partial charge is 0.237 e. The van der Waals surface area contributed by atoms with Gasteiger partial charge >= 0.3 is 0 Å². The van der Waals surface area contributed by atoms with Gasteiger partial charge in [0.1, 0.15) is 11.1 Å². The van der Waals surface area contributed by atoms with Gasteiger partial charge in [0.25, 0.3) is 0 Å². The van der Waals surface area contributed by atoms with Crippen LogP contribution >= 0.6 is 0 Å². The lowest BCUT2D eigenvalue weighted by Crippen LogP contribution is -2.35. The summed E-state index contributed by atoms with van der Waals surface area (Å²) >= 11 is 0. The second-order valence-corrected chi connectivity index (χ2v) is 7.90. The van der Waals surface area contributed by atoms with E-state index in [2.05, 4.69) is 23.6 Å². The maximum absolute atomic E-state index is 12.1. The van der Waals surface area contributed by atoms with Crippen LogP contribution in [-0.4, -0.2) is 27.1 Å². The van der Waals surface area contributed by atoms with Gasteiger partial charge in [0.15, 0.2) is 0 Å². The highest BCUT2D eigenvalue weighted by molar-refractivity contribution is 7.98. The molecule has 1 aromatic heterocycles.